The van der Waals surface area contributed by atoms with Gasteiger partial charge in [0.05, 0.1) is 6.04 Å². The van der Waals surface area contributed by atoms with Gasteiger partial charge >= 0.3 is 0 Å². The summed E-state index contributed by atoms with van der Waals surface area (Å²) in [6, 6.07) is 16.4. The summed E-state index contributed by atoms with van der Waals surface area (Å²) >= 11 is 6.23. The number of allylic oxidation sites excluding steroid dienone is 1. The van der Waals surface area contributed by atoms with E-state index in [1.54, 1.807) is 11.1 Å². The molecule has 7 rings (SSSR count). The maximum absolute atomic E-state index is 12.4. The van der Waals surface area contributed by atoms with Crippen molar-refractivity contribution < 1.29 is 9.59 Å². The number of rotatable bonds is 6. The Balaban J connectivity index is 1.01. The molecule has 4 heterocycles. The second-order valence-electron chi connectivity index (χ2n) is 14.2. The molecule has 3 fully saturated rings. The Bertz CT molecular complexity index is 1400. The lowest BCUT2D eigenvalue weighted by Crippen LogP contribution is -2.53. The average molecular weight is 587 g/mol. The lowest BCUT2D eigenvalue weighted by Gasteiger charge is -2.43. The molecule has 2 bridgehead atoms. The van der Waals surface area contributed by atoms with Crippen molar-refractivity contribution in [2.45, 2.75) is 96.6 Å². The van der Waals surface area contributed by atoms with E-state index in [0.29, 0.717) is 30.3 Å². The molecule has 1 aliphatic carbocycles. The molecule has 6 nitrogen and oxygen atoms in total. The Morgan fingerprint density at radius 3 is 2.38 bits per heavy atom. The number of benzene rings is 2. The third-order valence-electron chi connectivity index (χ3n) is 10.5. The van der Waals surface area contributed by atoms with Crippen LogP contribution in [0.5, 0.6) is 0 Å². The van der Waals surface area contributed by atoms with Gasteiger partial charge in [-0.25, -0.2) is 0 Å². The van der Waals surface area contributed by atoms with Crippen LogP contribution < -0.4 is 5.32 Å². The number of carbonyl (C=O) groups excluding carboxylic acids is 2. The lowest BCUT2D eigenvalue weighted by molar-refractivity contribution is -0.137. The topological polar surface area (TPSA) is 55.9 Å². The van der Waals surface area contributed by atoms with Gasteiger partial charge in [-0.05, 0) is 83.9 Å². The quantitative estimate of drug-likeness (QED) is 0.435. The summed E-state index contributed by atoms with van der Waals surface area (Å²) in [5.74, 6) is -0.284. The Hall–Kier alpha value is -2.51. The van der Waals surface area contributed by atoms with Gasteiger partial charge in [-0.3, -0.25) is 29.6 Å². The minimum absolute atomic E-state index is 0.137. The zero-order chi connectivity index (χ0) is 29.0. The molecule has 222 valence electrons. The van der Waals surface area contributed by atoms with E-state index in [0.717, 1.165) is 50.7 Å². The second kappa shape index (κ2) is 11.2. The van der Waals surface area contributed by atoms with E-state index >= 15 is 0 Å². The molecule has 1 N–H and O–H groups in total. The third-order valence-corrected chi connectivity index (χ3v) is 10.8. The normalized spacial score (nSPS) is 28.3. The van der Waals surface area contributed by atoms with Crippen molar-refractivity contribution in [3.63, 3.8) is 0 Å². The number of amides is 2. The summed E-state index contributed by atoms with van der Waals surface area (Å²) < 4.78 is 0. The van der Waals surface area contributed by atoms with Crippen LogP contribution in [0.4, 0.5) is 0 Å². The van der Waals surface area contributed by atoms with Crippen LogP contribution in [0.25, 0.3) is 5.57 Å². The second-order valence-corrected chi connectivity index (χ2v) is 14.6. The fourth-order valence-electron chi connectivity index (χ4n) is 8.23. The van der Waals surface area contributed by atoms with E-state index in [2.05, 4.69) is 64.2 Å². The highest BCUT2D eigenvalue weighted by Crippen LogP contribution is 2.44. The largest absolute Gasteiger partial charge is 0.296 e. The summed E-state index contributed by atoms with van der Waals surface area (Å²) in [6.45, 7) is 10.8. The molecule has 0 spiro atoms. The molecular formula is C35H43ClN4O2. The lowest BCUT2D eigenvalue weighted by atomic mass is 9.72. The van der Waals surface area contributed by atoms with Gasteiger partial charge in [0.25, 0.3) is 0 Å². The van der Waals surface area contributed by atoms with Gasteiger partial charge in [-0.1, -0.05) is 61.4 Å². The molecule has 0 saturated carbocycles. The molecule has 2 aromatic carbocycles. The smallest absolute Gasteiger partial charge is 0.243 e. The van der Waals surface area contributed by atoms with Gasteiger partial charge in [0.15, 0.2) is 0 Å². The number of hydrogen-bond donors (Lipinski definition) is 1. The Labute approximate surface area is 255 Å². The molecule has 42 heavy (non-hydrogen) atoms. The van der Waals surface area contributed by atoms with Gasteiger partial charge in [-0.2, -0.15) is 0 Å². The van der Waals surface area contributed by atoms with E-state index in [9.17, 15) is 9.59 Å². The maximum Gasteiger partial charge on any atom is 0.243 e. The highest BCUT2D eigenvalue weighted by atomic mass is 35.5. The molecule has 4 aliphatic heterocycles. The SMILES string of the molecule is CC1(C)CCC(CN2CC3CCC(C2)N3Cc2ccc3c(c2)CN(C2CCC(=O)NC2=O)C3)=C(c2ccc(Cl)cc2)C1. The first-order chi connectivity index (χ1) is 20.2. The molecule has 0 aromatic heterocycles. The molecule has 2 aromatic rings. The first kappa shape index (κ1) is 28.3. The monoisotopic (exact) mass is 586 g/mol. The van der Waals surface area contributed by atoms with Gasteiger partial charge in [0.1, 0.15) is 0 Å². The highest BCUT2D eigenvalue weighted by molar-refractivity contribution is 6.30. The molecule has 3 atom stereocenters. The number of piperazine rings is 1. The number of halogens is 1. The maximum atomic E-state index is 12.4. The highest BCUT2D eigenvalue weighted by Gasteiger charge is 2.41. The van der Waals surface area contributed by atoms with Crippen LogP contribution in [-0.2, 0) is 29.2 Å². The van der Waals surface area contributed by atoms with Crippen molar-refractivity contribution in [3.05, 3.63) is 75.3 Å². The summed E-state index contributed by atoms with van der Waals surface area (Å²) in [5, 5.41) is 3.33. The number of nitrogens with one attached hydrogen (secondary N) is 1. The molecule has 0 radical (unpaired) electrons. The summed E-state index contributed by atoms with van der Waals surface area (Å²) in [7, 11) is 0. The van der Waals surface area contributed by atoms with E-state index in [1.807, 2.05) is 12.1 Å². The van der Waals surface area contributed by atoms with Crippen molar-refractivity contribution >= 4 is 29.0 Å². The van der Waals surface area contributed by atoms with Crippen LogP contribution in [0.1, 0.15) is 81.0 Å². The molecule has 3 saturated heterocycles. The first-order valence-corrected chi connectivity index (χ1v) is 16.2. The standard InChI is InChI=1S/C35H43ClN4O2/c1-35(2)14-13-26(31(16-35)24-5-7-28(36)8-6-24)18-38-21-29-9-10-30(22-38)40(29)17-23-3-4-25-19-39(20-27(25)15-23)32-11-12-33(41)37-34(32)42/h3-8,15,29-30,32H,9-14,16-22H2,1-2H3,(H,37,41,42). The fraction of sp³-hybridized carbons (Fsp3) is 0.543. The summed E-state index contributed by atoms with van der Waals surface area (Å²) in [6.07, 6.45) is 7.19. The van der Waals surface area contributed by atoms with Crippen molar-refractivity contribution in [1.82, 2.24) is 20.0 Å². The van der Waals surface area contributed by atoms with Crippen LogP contribution in [0.2, 0.25) is 5.02 Å². The first-order valence-electron chi connectivity index (χ1n) is 15.8. The number of imide groups is 1. The van der Waals surface area contributed by atoms with Crippen LogP contribution in [0.15, 0.2) is 48.0 Å². The fourth-order valence-corrected chi connectivity index (χ4v) is 8.36. The van der Waals surface area contributed by atoms with Crippen molar-refractivity contribution in [1.29, 1.82) is 0 Å². The number of hydrogen-bond acceptors (Lipinski definition) is 5. The average Bonchev–Trinajstić information content (AvgIpc) is 3.46. The number of likely N-dealkylation sites (tertiary alicyclic amines) is 1. The number of carbonyl (C=O) groups is 2. The van der Waals surface area contributed by atoms with Gasteiger partial charge < -0.3 is 0 Å². The van der Waals surface area contributed by atoms with Crippen molar-refractivity contribution in [2.24, 2.45) is 5.41 Å². The van der Waals surface area contributed by atoms with Gasteiger partial charge in [0, 0.05) is 62.8 Å². The van der Waals surface area contributed by atoms with Crippen LogP contribution in [0, 0.1) is 5.41 Å². The van der Waals surface area contributed by atoms with Crippen molar-refractivity contribution in [3.8, 4) is 0 Å². The molecule has 3 unspecified atom stereocenters. The van der Waals surface area contributed by atoms with Crippen LogP contribution in [-0.4, -0.2) is 64.3 Å². The Morgan fingerprint density at radius 1 is 0.905 bits per heavy atom. The summed E-state index contributed by atoms with van der Waals surface area (Å²) in [5.41, 5.74) is 8.89. The van der Waals surface area contributed by atoms with Gasteiger partial charge in [-0.15, -0.1) is 0 Å². The molecular weight excluding hydrogens is 544 g/mol. The number of fused-ring (bicyclic) bond motifs is 3. The minimum Gasteiger partial charge on any atom is -0.296 e. The van der Waals surface area contributed by atoms with E-state index in [1.165, 1.54) is 47.9 Å². The van der Waals surface area contributed by atoms with Gasteiger partial charge in [0.2, 0.25) is 11.8 Å². The van der Waals surface area contributed by atoms with Crippen molar-refractivity contribution in [2.75, 3.05) is 19.6 Å². The third kappa shape index (κ3) is 5.71. The van der Waals surface area contributed by atoms with Crippen LogP contribution >= 0.6 is 11.6 Å². The predicted molar refractivity (Wildman–Crippen MR) is 167 cm³/mol. The predicted octanol–water partition coefficient (Wildman–Crippen LogP) is 5.77. The minimum atomic E-state index is -0.201. The Morgan fingerprint density at radius 2 is 1.64 bits per heavy atom. The zero-order valence-corrected chi connectivity index (χ0v) is 25.8. The number of piperidine rings is 1. The van der Waals surface area contributed by atoms with E-state index in [4.69, 9.17) is 11.6 Å². The molecule has 5 aliphatic rings. The molecule has 2 amide bonds. The van der Waals surface area contributed by atoms with E-state index < -0.39 is 0 Å². The van der Waals surface area contributed by atoms with E-state index in [-0.39, 0.29) is 17.9 Å². The zero-order valence-electron chi connectivity index (χ0n) is 25.0. The molecule has 7 heteroatoms. The Kier molecular flexibility index (Phi) is 7.54. The summed E-state index contributed by atoms with van der Waals surface area (Å²) in [4.78, 5) is 31.8. The number of nitrogens with zero attached hydrogens (tertiary/aromatic N) is 3. The van der Waals surface area contributed by atoms with Crippen LogP contribution in [0.3, 0.4) is 0 Å².